The van der Waals surface area contributed by atoms with Crippen molar-refractivity contribution in [2.24, 2.45) is 0 Å². The Morgan fingerprint density at radius 3 is 2.44 bits per heavy atom. The van der Waals surface area contributed by atoms with E-state index in [0.717, 1.165) is 45.8 Å². The Hall–Kier alpha value is -4.89. The number of nitro groups is 1. The molecular weight excluding hydrogens is 516 g/mol. The molecule has 0 unspecified atom stereocenters. The van der Waals surface area contributed by atoms with E-state index in [1.54, 1.807) is 12.1 Å². The van der Waals surface area contributed by atoms with Crippen LogP contribution in [0.5, 0.6) is 5.88 Å². The quantitative estimate of drug-likeness (QED) is 0.219. The Morgan fingerprint density at radius 2 is 1.77 bits per heavy atom. The molecule has 0 radical (unpaired) electrons. The first-order chi connectivity index (χ1) is 19.1. The van der Waals surface area contributed by atoms with Crippen molar-refractivity contribution in [3.63, 3.8) is 0 Å². The summed E-state index contributed by atoms with van der Waals surface area (Å²) in [6, 6.07) is 18.6. The number of aromatic nitrogens is 4. The molecule has 11 nitrogen and oxygen atoms in total. The predicted octanol–water partition coefficient (Wildman–Crippen LogP) is 4.81. The van der Waals surface area contributed by atoms with E-state index in [2.05, 4.69) is 31.3 Å². The third kappa shape index (κ3) is 4.32. The highest BCUT2D eigenvalue weighted by Gasteiger charge is 2.27. The van der Waals surface area contributed by atoms with Gasteiger partial charge >= 0.3 is 0 Å². The van der Waals surface area contributed by atoms with E-state index in [1.165, 1.54) is 23.5 Å². The van der Waals surface area contributed by atoms with Crippen molar-refractivity contribution in [3.05, 3.63) is 70.3 Å². The fourth-order valence-electron chi connectivity index (χ4n) is 4.90. The molecule has 0 atom stereocenters. The molecule has 0 saturated carbocycles. The number of non-ortho nitro benzene ring substituents is 1. The van der Waals surface area contributed by atoms with Crippen molar-refractivity contribution < 1.29 is 9.66 Å². The summed E-state index contributed by atoms with van der Waals surface area (Å²) in [7, 11) is 0. The summed E-state index contributed by atoms with van der Waals surface area (Å²) < 4.78 is 6.64. The van der Waals surface area contributed by atoms with Crippen molar-refractivity contribution in [2.45, 2.75) is 6.92 Å². The van der Waals surface area contributed by atoms with Crippen molar-refractivity contribution in [1.29, 1.82) is 5.26 Å². The second-order valence-electron chi connectivity index (χ2n) is 8.90. The lowest BCUT2D eigenvalue weighted by Gasteiger charge is -2.36. The lowest BCUT2D eigenvalue weighted by Crippen LogP contribution is -2.47. The number of hydrogen-bond acceptors (Lipinski definition) is 11. The maximum absolute atomic E-state index is 11.0. The van der Waals surface area contributed by atoms with Crippen LogP contribution in [0.4, 0.5) is 17.2 Å². The van der Waals surface area contributed by atoms with Gasteiger partial charge in [0, 0.05) is 54.9 Å². The van der Waals surface area contributed by atoms with Crippen molar-refractivity contribution >= 4 is 49.0 Å². The number of thiophene rings is 1. The minimum absolute atomic E-state index is 0.0760. The van der Waals surface area contributed by atoms with Crippen LogP contribution in [0.2, 0.25) is 0 Å². The van der Waals surface area contributed by atoms with Gasteiger partial charge in [-0.05, 0) is 29.8 Å². The molecule has 1 saturated heterocycles. The summed E-state index contributed by atoms with van der Waals surface area (Å²) in [6.07, 6.45) is 0. The Bertz CT molecular complexity index is 1730. The van der Waals surface area contributed by atoms with E-state index in [9.17, 15) is 15.4 Å². The maximum atomic E-state index is 11.0. The summed E-state index contributed by atoms with van der Waals surface area (Å²) in [6.45, 7) is 5.06. The van der Waals surface area contributed by atoms with Crippen molar-refractivity contribution in [2.75, 3.05) is 42.6 Å². The number of hydrogen-bond donors (Lipinski definition) is 0. The SMILES string of the molecule is CCOc1nc2sc3c(N4CCN(c5ccc([N+](=O)[O-])cc5)CC4)nnnc3c2c(-c2ccccc2)c1C#N. The van der Waals surface area contributed by atoms with Crippen molar-refractivity contribution in [1.82, 2.24) is 20.4 Å². The molecule has 39 heavy (non-hydrogen) atoms. The zero-order valence-corrected chi connectivity index (χ0v) is 21.8. The van der Waals surface area contributed by atoms with Gasteiger partial charge in [-0.3, -0.25) is 10.1 Å². The molecule has 1 fully saturated rings. The van der Waals surface area contributed by atoms with Crippen LogP contribution in [0.15, 0.2) is 54.6 Å². The van der Waals surface area contributed by atoms with Gasteiger partial charge in [0.1, 0.15) is 26.7 Å². The number of ether oxygens (including phenoxy) is 1. The molecule has 0 N–H and O–H groups in total. The first kappa shape index (κ1) is 24.4. The van der Waals surface area contributed by atoms with Crippen LogP contribution in [0.25, 0.3) is 31.6 Å². The topological polar surface area (TPSA) is 134 Å². The molecule has 0 spiro atoms. The van der Waals surface area contributed by atoms with E-state index < -0.39 is 4.92 Å². The van der Waals surface area contributed by atoms with Crippen LogP contribution in [0.1, 0.15) is 12.5 Å². The normalized spacial score (nSPS) is 13.5. The molecule has 12 heteroatoms. The summed E-state index contributed by atoms with van der Waals surface area (Å²) in [4.78, 5) is 20.4. The van der Waals surface area contributed by atoms with Gasteiger partial charge in [0.2, 0.25) is 5.88 Å². The third-order valence-corrected chi connectivity index (χ3v) is 7.80. The number of anilines is 2. The van der Waals surface area contributed by atoms with E-state index in [4.69, 9.17) is 9.72 Å². The first-order valence-corrected chi connectivity index (χ1v) is 13.2. The molecular formula is C27H22N8O3S. The van der Waals surface area contributed by atoms with Crippen LogP contribution in [0, 0.1) is 21.4 Å². The molecule has 0 bridgehead atoms. The molecule has 2 aromatic carbocycles. The van der Waals surface area contributed by atoms with E-state index in [1.807, 2.05) is 37.3 Å². The Kier molecular flexibility index (Phi) is 6.34. The van der Waals surface area contributed by atoms with Crippen molar-refractivity contribution in [3.8, 4) is 23.1 Å². The highest BCUT2D eigenvalue weighted by Crippen LogP contribution is 2.44. The van der Waals surface area contributed by atoms with Gasteiger partial charge in [0.25, 0.3) is 5.69 Å². The molecule has 1 aliphatic heterocycles. The fourth-order valence-corrected chi connectivity index (χ4v) is 6.03. The van der Waals surface area contributed by atoms with E-state index >= 15 is 0 Å². The number of nitrogens with zero attached hydrogens (tertiary/aromatic N) is 8. The predicted molar refractivity (Wildman–Crippen MR) is 149 cm³/mol. The molecule has 1 aliphatic rings. The second kappa shape index (κ2) is 10.1. The standard InChI is InChI=1S/C27H22N8O3S/c1-2-38-26-20(16-28)21(17-6-4-3-5-7-17)22-23-24(39-27(22)29-26)25(31-32-30-23)34-14-12-33(13-15-34)18-8-10-19(11-9-18)35(36)37/h3-11H,2,12-15H2,1H3. The number of nitro benzene ring substituents is 1. The van der Waals surface area contributed by atoms with Gasteiger partial charge < -0.3 is 14.5 Å². The van der Waals surface area contributed by atoms with Crippen LogP contribution < -0.4 is 14.5 Å². The molecule has 3 aromatic heterocycles. The number of benzene rings is 2. The molecule has 6 rings (SSSR count). The molecule has 5 aromatic rings. The maximum Gasteiger partial charge on any atom is 0.269 e. The molecule has 4 heterocycles. The van der Waals surface area contributed by atoms with Gasteiger partial charge in [-0.2, -0.15) is 5.26 Å². The minimum Gasteiger partial charge on any atom is -0.477 e. The number of fused-ring (bicyclic) bond motifs is 3. The largest absolute Gasteiger partial charge is 0.477 e. The number of nitriles is 1. The van der Waals surface area contributed by atoms with Gasteiger partial charge in [-0.1, -0.05) is 30.3 Å². The summed E-state index contributed by atoms with van der Waals surface area (Å²) in [5.41, 5.74) is 3.64. The average molecular weight is 539 g/mol. The third-order valence-electron chi connectivity index (χ3n) is 6.73. The summed E-state index contributed by atoms with van der Waals surface area (Å²) in [5.74, 6) is 1.03. The van der Waals surface area contributed by atoms with E-state index in [0.29, 0.717) is 41.5 Å². The highest BCUT2D eigenvalue weighted by atomic mass is 32.1. The van der Waals surface area contributed by atoms with Gasteiger partial charge in [-0.15, -0.1) is 21.5 Å². The molecule has 194 valence electrons. The monoisotopic (exact) mass is 538 g/mol. The first-order valence-electron chi connectivity index (χ1n) is 12.4. The van der Waals surface area contributed by atoms with Gasteiger partial charge in [-0.25, -0.2) is 4.98 Å². The molecule has 0 amide bonds. The van der Waals surface area contributed by atoms with Gasteiger partial charge in [0.05, 0.1) is 11.5 Å². The number of pyridine rings is 1. The Morgan fingerprint density at radius 1 is 1.05 bits per heavy atom. The smallest absolute Gasteiger partial charge is 0.269 e. The zero-order chi connectivity index (χ0) is 26.9. The van der Waals surface area contributed by atoms with Crippen LogP contribution in [0.3, 0.4) is 0 Å². The van der Waals surface area contributed by atoms with E-state index in [-0.39, 0.29) is 5.69 Å². The van der Waals surface area contributed by atoms with Crippen LogP contribution >= 0.6 is 11.3 Å². The number of rotatable bonds is 6. The number of piperazine rings is 1. The minimum atomic E-state index is -0.394. The summed E-state index contributed by atoms with van der Waals surface area (Å²) >= 11 is 1.47. The summed E-state index contributed by atoms with van der Waals surface area (Å²) in [5, 5.41) is 34.8. The Labute approximate surface area is 227 Å². The van der Waals surface area contributed by atoms with Gasteiger partial charge in [0.15, 0.2) is 5.82 Å². The fraction of sp³-hybridized carbons (Fsp3) is 0.222. The van der Waals surface area contributed by atoms with Crippen LogP contribution in [-0.4, -0.2) is 58.1 Å². The second-order valence-corrected chi connectivity index (χ2v) is 9.90. The van der Waals surface area contributed by atoms with Crippen LogP contribution in [-0.2, 0) is 0 Å². The lowest BCUT2D eigenvalue weighted by atomic mass is 9.98. The highest BCUT2D eigenvalue weighted by molar-refractivity contribution is 7.26. The lowest BCUT2D eigenvalue weighted by molar-refractivity contribution is -0.384. The Balaban J connectivity index is 1.40. The zero-order valence-electron chi connectivity index (χ0n) is 20.9. The average Bonchev–Trinajstić information content (AvgIpc) is 3.35. The molecule has 0 aliphatic carbocycles.